The Labute approximate surface area is 359 Å². The first-order valence-corrected chi connectivity index (χ1v) is 22.0. The van der Waals surface area contributed by atoms with Gasteiger partial charge in [0.05, 0.1) is 21.6 Å². The summed E-state index contributed by atoms with van der Waals surface area (Å²) in [6, 6.07) is 19.4. The number of piperazine rings is 1. The van der Waals surface area contributed by atoms with Gasteiger partial charge in [0.2, 0.25) is 0 Å². The van der Waals surface area contributed by atoms with Gasteiger partial charge < -0.3 is 24.3 Å². The van der Waals surface area contributed by atoms with Gasteiger partial charge in [-0.15, -0.1) is 0 Å². The second kappa shape index (κ2) is 18.6. The molecule has 0 radical (unpaired) electrons. The van der Waals surface area contributed by atoms with Crippen molar-refractivity contribution in [3.8, 4) is 17.2 Å². The Morgan fingerprint density at radius 2 is 1.75 bits per heavy atom. The van der Waals surface area contributed by atoms with Crippen molar-refractivity contribution in [2.24, 2.45) is 5.92 Å². The number of rotatable bonds is 15. The van der Waals surface area contributed by atoms with Crippen LogP contribution in [0.15, 0.2) is 96.2 Å². The number of allylic oxidation sites excluding steroid dienone is 1. The Morgan fingerprint density at radius 1 is 1.02 bits per heavy atom. The number of fused-ring (bicyclic) bond motifs is 1. The van der Waals surface area contributed by atoms with Crippen molar-refractivity contribution in [3.05, 3.63) is 118 Å². The van der Waals surface area contributed by atoms with E-state index in [1.165, 1.54) is 17.8 Å². The lowest BCUT2D eigenvalue weighted by atomic mass is 9.94. The zero-order chi connectivity index (χ0) is 43.3. The number of amides is 1. The van der Waals surface area contributed by atoms with Crippen molar-refractivity contribution in [1.29, 1.82) is 0 Å². The van der Waals surface area contributed by atoms with Crippen molar-refractivity contribution >= 4 is 55.5 Å². The van der Waals surface area contributed by atoms with E-state index in [0.717, 1.165) is 60.9 Å². The first-order chi connectivity index (χ1) is 29.1. The highest BCUT2D eigenvalue weighted by Crippen LogP contribution is 2.35. The number of nitrogens with one attached hydrogen (secondary N) is 2. The average Bonchev–Trinajstić information content (AvgIpc) is 3.71. The monoisotopic (exact) mass is 873 g/mol. The molecule has 5 aromatic rings. The fourth-order valence-electron chi connectivity index (χ4n) is 7.47. The maximum Gasteiger partial charge on any atom is 0.312 e. The van der Waals surface area contributed by atoms with Gasteiger partial charge in [0.1, 0.15) is 29.4 Å². The summed E-state index contributed by atoms with van der Waals surface area (Å²) in [5, 5.41) is 13.5. The van der Waals surface area contributed by atoms with Crippen LogP contribution in [0.3, 0.4) is 0 Å². The standard InChI is InChI=1S/C44H49ClFN7O7S/c1-30(2)24-32(31-4-6-34(45)7-5-31)13-17-51-20-22-52(23-21-51)35-8-10-38(41(26-35)60-36-25-33-12-16-47-42(33)48-28-36)43(54)49-61(57,58)37-9-11-40(39(27-37)53(55)56)59-29-44(46)14-18-50(3)19-15-44/h4-13,16,25-28,30H,14-15,17-24,29H2,1-3H3,(H,47,48)(H,49,54)/b32-13-. The molecular weight excluding hydrogens is 825 g/mol. The fraction of sp³-hybridized carbons (Fsp3) is 0.364. The second-order valence-corrected chi connectivity index (χ2v) is 18.2. The van der Waals surface area contributed by atoms with Gasteiger partial charge >= 0.3 is 5.69 Å². The minimum Gasteiger partial charge on any atom is -0.483 e. The van der Waals surface area contributed by atoms with Crippen molar-refractivity contribution in [1.82, 2.24) is 24.5 Å². The summed E-state index contributed by atoms with van der Waals surface area (Å²) >= 11 is 6.15. The molecule has 0 atom stereocenters. The van der Waals surface area contributed by atoms with Crippen LogP contribution in [0.5, 0.6) is 17.2 Å². The third kappa shape index (κ3) is 10.9. The second-order valence-electron chi connectivity index (χ2n) is 16.1. The molecule has 2 aliphatic heterocycles. The molecule has 0 saturated carbocycles. The summed E-state index contributed by atoms with van der Waals surface area (Å²) < 4.78 is 56.5. The van der Waals surface area contributed by atoms with Gasteiger partial charge in [0, 0.05) is 80.2 Å². The molecule has 2 aromatic heterocycles. The maximum atomic E-state index is 15.4. The molecule has 0 aliphatic carbocycles. The number of anilines is 1. The van der Waals surface area contributed by atoms with E-state index >= 15 is 4.39 Å². The lowest BCUT2D eigenvalue weighted by Gasteiger charge is -2.36. The van der Waals surface area contributed by atoms with Crippen LogP contribution >= 0.6 is 11.6 Å². The van der Waals surface area contributed by atoms with E-state index in [4.69, 9.17) is 21.1 Å². The highest BCUT2D eigenvalue weighted by molar-refractivity contribution is 7.90. The number of nitrogens with zero attached hydrogens (tertiary/aromatic N) is 5. The maximum absolute atomic E-state index is 15.4. The third-order valence-corrected chi connectivity index (χ3v) is 12.6. The number of piperidine rings is 1. The van der Waals surface area contributed by atoms with Crippen molar-refractivity contribution < 1.29 is 32.0 Å². The summed E-state index contributed by atoms with van der Waals surface area (Å²) in [7, 11) is -2.78. The van der Waals surface area contributed by atoms with E-state index < -0.39 is 43.7 Å². The normalized spacial score (nSPS) is 16.5. The summed E-state index contributed by atoms with van der Waals surface area (Å²) in [5.74, 6) is -0.414. The molecule has 7 rings (SSSR count). The first kappa shape index (κ1) is 43.5. The number of H-pyrrole nitrogens is 1. The summed E-state index contributed by atoms with van der Waals surface area (Å²) in [4.78, 5) is 38.5. The zero-order valence-electron chi connectivity index (χ0n) is 34.3. The highest BCUT2D eigenvalue weighted by atomic mass is 35.5. The van der Waals surface area contributed by atoms with Crippen LogP contribution in [0, 0.1) is 16.0 Å². The van der Waals surface area contributed by atoms with Gasteiger partial charge in [-0.2, -0.15) is 0 Å². The Balaban J connectivity index is 1.08. The number of aromatic nitrogens is 2. The molecule has 1 amide bonds. The molecule has 61 heavy (non-hydrogen) atoms. The van der Waals surface area contributed by atoms with Crippen LogP contribution in [0.25, 0.3) is 16.6 Å². The quantitative estimate of drug-likeness (QED) is 0.0772. The number of benzene rings is 3. The van der Waals surface area contributed by atoms with E-state index in [1.807, 2.05) is 34.9 Å². The SMILES string of the molecule is CC(C)C/C(=C/CN1CCN(c2ccc(C(=O)NS(=O)(=O)c3ccc(OCC4(F)CCN(C)CC4)c([N+](=O)[O-])c3)c(Oc3cnc4[nH]ccc4c3)c2)CC1)c1ccc(Cl)cc1. The smallest absolute Gasteiger partial charge is 0.312 e. The van der Waals surface area contributed by atoms with E-state index in [-0.39, 0.29) is 29.9 Å². The summed E-state index contributed by atoms with van der Waals surface area (Å²) in [6.07, 6.45) is 6.86. The predicted molar refractivity (Wildman–Crippen MR) is 234 cm³/mol. The highest BCUT2D eigenvalue weighted by Gasteiger charge is 2.35. The number of carbonyl (C=O) groups is 1. The Bertz CT molecular complexity index is 2520. The molecule has 2 N–H and O–H groups in total. The van der Waals surface area contributed by atoms with Crippen LogP contribution in [-0.2, 0) is 10.0 Å². The number of halogens is 2. The van der Waals surface area contributed by atoms with Gasteiger partial charge in [-0.25, -0.2) is 22.5 Å². The number of nitro benzene ring substituents is 1. The number of hydrogen-bond acceptors (Lipinski definition) is 11. The molecule has 0 bridgehead atoms. The molecule has 2 fully saturated rings. The fourth-order valence-corrected chi connectivity index (χ4v) is 8.58. The van der Waals surface area contributed by atoms with Gasteiger partial charge in [-0.3, -0.25) is 19.8 Å². The van der Waals surface area contributed by atoms with E-state index in [0.29, 0.717) is 48.5 Å². The number of nitro groups is 1. The summed E-state index contributed by atoms with van der Waals surface area (Å²) in [5.41, 5.74) is 1.39. The van der Waals surface area contributed by atoms with E-state index in [2.05, 4.69) is 51.8 Å². The Morgan fingerprint density at radius 3 is 2.46 bits per heavy atom. The molecule has 2 aliphatic rings. The van der Waals surface area contributed by atoms with Crippen LogP contribution in [0.4, 0.5) is 15.8 Å². The number of carbonyl (C=O) groups excluding carboxylic acids is 1. The topological polar surface area (TPSA) is 163 Å². The molecule has 14 nitrogen and oxygen atoms in total. The number of pyridine rings is 1. The van der Waals surface area contributed by atoms with E-state index in [1.54, 1.807) is 24.4 Å². The van der Waals surface area contributed by atoms with Crippen molar-refractivity contribution in [3.63, 3.8) is 0 Å². The zero-order valence-corrected chi connectivity index (χ0v) is 35.8. The Hall–Kier alpha value is -5.55. The average molecular weight is 874 g/mol. The van der Waals surface area contributed by atoms with E-state index in [9.17, 15) is 23.3 Å². The number of ether oxygens (including phenoxy) is 2. The number of hydrogen-bond donors (Lipinski definition) is 2. The first-order valence-electron chi connectivity index (χ1n) is 20.2. The van der Waals surface area contributed by atoms with Gasteiger partial charge in [-0.1, -0.05) is 43.7 Å². The number of sulfonamides is 1. The summed E-state index contributed by atoms with van der Waals surface area (Å²) in [6.45, 7) is 8.71. The van der Waals surface area contributed by atoms with Gasteiger partial charge in [0.15, 0.2) is 5.75 Å². The van der Waals surface area contributed by atoms with Crippen LogP contribution in [-0.4, -0.2) is 104 Å². The molecule has 2 saturated heterocycles. The lowest BCUT2D eigenvalue weighted by molar-refractivity contribution is -0.386. The molecule has 3 aromatic carbocycles. The van der Waals surface area contributed by atoms with Crippen molar-refractivity contribution in [2.75, 3.05) is 64.4 Å². The van der Waals surface area contributed by atoms with Crippen LogP contribution < -0.4 is 19.1 Å². The molecule has 17 heteroatoms. The minimum atomic E-state index is -4.66. The number of aromatic amines is 1. The molecule has 0 unspecified atom stereocenters. The molecule has 0 spiro atoms. The largest absolute Gasteiger partial charge is 0.483 e. The third-order valence-electron chi connectivity index (χ3n) is 11.0. The molecule has 4 heterocycles. The molecular formula is C44H49ClFN7O7S. The predicted octanol–water partition coefficient (Wildman–Crippen LogP) is 8.10. The van der Waals surface area contributed by atoms with Crippen molar-refractivity contribution in [2.45, 2.75) is 43.7 Å². The van der Waals surface area contributed by atoms with Gasteiger partial charge in [-0.05, 0) is 91.9 Å². The Kier molecular flexibility index (Phi) is 13.3. The molecule has 322 valence electrons. The minimum absolute atomic E-state index is 0.0809. The number of alkyl halides is 1. The van der Waals surface area contributed by atoms with Gasteiger partial charge in [0.25, 0.3) is 15.9 Å². The van der Waals surface area contributed by atoms with Crippen LogP contribution in [0.1, 0.15) is 49.0 Å². The van der Waals surface area contributed by atoms with Crippen LogP contribution in [0.2, 0.25) is 5.02 Å². The lowest BCUT2D eigenvalue weighted by Crippen LogP contribution is -2.46. The number of likely N-dealkylation sites (tertiary alicyclic amines) is 1.